The van der Waals surface area contributed by atoms with E-state index in [1.807, 2.05) is 37.3 Å². The number of carbonyl (C=O) groups is 1. The maximum atomic E-state index is 10.9. The van der Waals surface area contributed by atoms with Gasteiger partial charge in [0.25, 0.3) is 0 Å². The van der Waals surface area contributed by atoms with Crippen LogP contribution in [0, 0.1) is 0 Å². The van der Waals surface area contributed by atoms with E-state index in [9.17, 15) is 4.79 Å². The van der Waals surface area contributed by atoms with Gasteiger partial charge in [0.05, 0.1) is 6.26 Å². The molecule has 0 radical (unpaired) electrons. The number of aromatic nitrogens is 1. The van der Waals surface area contributed by atoms with E-state index >= 15 is 0 Å². The number of oxazole rings is 1. The lowest BCUT2D eigenvalue weighted by atomic mass is 10.1. The van der Waals surface area contributed by atoms with Crippen molar-refractivity contribution in [1.82, 2.24) is 4.98 Å². The summed E-state index contributed by atoms with van der Waals surface area (Å²) in [6.45, 7) is 2.40. The van der Waals surface area contributed by atoms with Gasteiger partial charge < -0.3 is 8.83 Å². The summed E-state index contributed by atoms with van der Waals surface area (Å²) in [6, 6.07) is 10.1. The molecule has 0 spiro atoms. The molecule has 0 aliphatic carbocycles. The van der Waals surface area contributed by atoms with Crippen molar-refractivity contribution >= 4 is 23.5 Å². The van der Waals surface area contributed by atoms with Crippen molar-refractivity contribution in [2.24, 2.45) is 0 Å². The van der Waals surface area contributed by atoms with E-state index in [0.717, 1.165) is 36.1 Å². The monoisotopic (exact) mass is 284 g/mol. The molecule has 3 rings (SSSR count). The van der Waals surface area contributed by atoms with Crippen LogP contribution in [0.3, 0.4) is 0 Å². The minimum Gasteiger partial charge on any atom is -0.469 e. The van der Waals surface area contributed by atoms with Crippen molar-refractivity contribution in [2.75, 3.05) is 11.4 Å². The molecule has 2 heterocycles. The molecule has 0 saturated heterocycles. The normalized spacial score (nSPS) is 10.9. The van der Waals surface area contributed by atoms with Gasteiger partial charge in [-0.25, -0.2) is 0 Å². The highest BCUT2D eigenvalue weighted by Crippen LogP contribution is 2.23. The van der Waals surface area contributed by atoms with Gasteiger partial charge in [0.2, 0.25) is 6.41 Å². The van der Waals surface area contributed by atoms with Crippen molar-refractivity contribution in [3.63, 3.8) is 0 Å². The molecule has 0 fully saturated rings. The van der Waals surface area contributed by atoms with E-state index in [2.05, 4.69) is 4.98 Å². The zero-order chi connectivity index (χ0) is 14.7. The largest absolute Gasteiger partial charge is 0.469 e. The van der Waals surface area contributed by atoms with Crippen LogP contribution < -0.4 is 4.90 Å². The number of furan rings is 1. The second kappa shape index (κ2) is 5.83. The van der Waals surface area contributed by atoms with Crippen LogP contribution in [-0.2, 0) is 17.6 Å². The van der Waals surface area contributed by atoms with Gasteiger partial charge in [-0.1, -0.05) is 6.07 Å². The third-order valence-corrected chi connectivity index (χ3v) is 3.40. The van der Waals surface area contributed by atoms with Crippen molar-refractivity contribution in [1.29, 1.82) is 0 Å². The van der Waals surface area contributed by atoms with Crippen LogP contribution >= 0.6 is 0 Å². The van der Waals surface area contributed by atoms with E-state index in [1.54, 1.807) is 6.26 Å². The molecular weight excluding hydrogens is 268 g/mol. The fraction of sp³-hybridized carbons (Fsp3) is 0.250. The van der Waals surface area contributed by atoms with Crippen LogP contribution in [0.5, 0.6) is 0 Å². The summed E-state index contributed by atoms with van der Waals surface area (Å²) in [7, 11) is 0. The second-order valence-electron chi connectivity index (χ2n) is 4.77. The summed E-state index contributed by atoms with van der Waals surface area (Å²) in [5, 5.41) is 0. The number of aryl methyl sites for hydroxylation is 2. The predicted octanol–water partition coefficient (Wildman–Crippen LogP) is 3.19. The highest BCUT2D eigenvalue weighted by Gasteiger charge is 2.12. The standard InChI is InChI=1S/C16H16N2O3/c1-2-18(11-19)16-17-14-8-6-12(10-15(14)21-16)5-7-13-4-3-9-20-13/h3-4,6,8-11H,2,5,7H2,1H3. The summed E-state index contributed by atoms with van der Waals surface area (Å²) in [5.74, 6) is 0.964. The molecule has 0 bridgehead atoms. The third-order valence-electron chi connectivity index (χ3n) is 3.40. The SMILES string of the molecule is CCN(C=O)c1nc2ccc(CCc3ccco3)cc2o1. The topological polar surface area (TPSA) is 59.5 Å². The second-order valence-corrected chi connectivity index (χ2v) is 4.77. The van der Waals surface area contributed by atoms with Gasteiger partial charge in [0, 0.05) is 13.0 Å². The molecule has 0 unspecified atom stereocenters. The molecule has 3 aromatic rings. The van der Waals surface area contributed by atoms with E-state index in [4.69, 9.17) is 8.83 Å². The number of hydrogen-bond donors (Lipinski definition) is 0. The molecule has 5 heteroatoms. The Kier molecular flexibility index (Phi) is 3.73. The third kappa shape index (κ3) is 2.81. The Morgan fingerprint density at radius 1 is 1.29 bits per heavy atom. The van der Waals surface area contributed by atoms with Gasteiger partial charge in [-0.2, -0.15) is 4.98 Å². The average molecular weight is 284 g/mol. The lowest BCUT2D eigenvalue weighted by molar-refractivity contribution is -0.107. The van der Waals surface area contributed by atoms with Crippen molar-refractivity contribution in [3.05, 3.63) is 47.9 Å². The van der Waals surface area contributed by atoms with Gasteiger partial charge in [0.1, 0.15) is 11.3 Å². The molecule has 1 amide bonds. The van der Waals surface area contributed by atoms with Crippen LogP contribution in [0.1, 0.15) is 18.2 Å². The first kappa shape index (κ1) is 13.4. The molecular formula is C16H16N2O3. The summed E-state index contributed by atoms with van der Waals surface area (Å²) in [6.07, 6.45) is 4.11. The smallest absolute Gasteiger partial charge is 0.305 e. The van der Waals surface area contributed by atoms with Crippen LogP contribution in [0.15, 0.2) is 45.4 Å². The number of amides is 1. The first-order valence-electron chi connectivity index (χ1n) is 6.94. The molecule has 0 N–H and O–H groups in total. The predicted molar refractivity (Wildman–Crippen MR) is 79.2 cm³/mol. The maximum absolute atomic E-state index is 10.9. The molecule has 0 aliphatic rings. The molecule has 21 heavy (non-hydrogen) atoms. The molecule has 108 valence electrons. The van der Waals surface area contributed by atoms with Crippen LogP contribution in [0.25, 0.3) is 11.1 Å². The maximum Gasteiger partial charge on any atom is 0.305 e. The summed E-state index contributed by atoms with van der Waals surface area (Å²) >= 11 is 0. The van der Waals surface area contributed by atoms with Crippen LogP contribution in [0.2, 0.25) is 0 Å². The first-order valence-corrected chi connectivity index (χ1v) is 6.94. The van der Waals surface area contributed by atoms with Gasteiger partial charge in [-0.05, 0) is 43.2 Å². The zero-order valence-corrected chi connectivity index (χ0v) is 11.8. The van der Waals surface area contributed by atoms with Crippen LogP contribution in [-0.4, -0.2) is 17.9 Å². The quantitative estimate of drug-likeness (QED) is 0.652. The Morgan fingerprint density at radius 3 is 2.90 bits per heavy atom. The summed E-state index contributed by atoms with van der Waals surface area (Å²) in [4.78, 5) is 16.7. The Balaban J connectivity index is 1.80. The Labute approximate surface area is 122 Å². The fourth-order valence-corrected chi connectivity index (χ4v) is 2.21. The Hall–Kier alpha value is -2.56. The van der Waals surface area contributed by atoms with E-state index < -0.39 is 0 Å². The van der Waals surface area contributed by atoms with E-state index in [1.165, 1.54) is 4.90 Å². The zero-order valence-electron chi connectivity index (χ0n) is 11.8. The van der Waals surface area contributed by atoms with E-state index in [-0.39, 0.29) is 0 Å². The number of carbonyl (C=O) groups excluding carboxylic acids is 1. The van der Waals surface area contributed by atoms with Crippen molar-refractivity contribution in [3.8, 4) is 0 Å². The van der Waals surface area contributed by atoms with Crippen LogP contribution in [0.4, 0.5) is 6.01 Å². The lowest BCUT2D eigenvalue weighted by Gasteiger charge is -2.07. The number of nitrogens with zero attached hydrogens (tertiary/aromatic N) is 2. The van der Waals surface area contributed by atoms with Gasteiger partial charge in [-0.15, -0.1) is 0 Å². The minimum absolute atomic E-state index is 0.339. The molecule has 1 aromatic carbocycles. The van der Waals surface area contributed by atoms with Gasteiger partial charge in [-0.3, -0.25) is 9.69 Å². The number of rotatable bonds is 6. The number of anilines is 1. The van der Waals surface area contributed by atoms with Crippen molar-refractivity contribution in [2.45, 2.75) is 19.8 Å². The Morgan fingerprint density at radius 2 is 2.19 bits per heavy atom. The highest BCUT2D eigenvalue weighted by atomic mass is 16.4. The fourth-order valence-electron chi connectivity index (χ4n) is 2.21. The van der Waals surface area contributed by atoms with Crippen molar-refractivity contribution < 1.29 is 13.6 Å². The first-order chi connectivity index (χ1) is 10.3. The minimum atomic E-state index is 0.339. The number of benzene rings is 1. The van der Waals surface area contributed by atoms with Gasteiger partial charge in [0.15, 0.2) is 5.58 Å². The molecule has 0 atom stereocenters. The molecule has 0 saturated carbocycles. The lowest BCUT2D eigenvalue weighted by Crippen LogP contribution is -2.20. The summed E-state index contributed by atoms with van der Waals surface area (Å²) in [5.41, 5.74) is 2.60. The van der Waals surface area contributed by atoms with Gasteiger partial charge >= 0.3 is 6.01 Å². The molecule has 0 aliphatic heterocycles. The Bertz CT molecular complexity index is 731. The average Bonchev–Trinajstić information content (AvgIpc) is 3.15. The summed E-state index contributed by atoms with van der Waals surface area (Å²) < 4.78 is 11.0. The van der Waals surface area contributed by atoms with E-state index in [0.29, 0.717) is 18.1 Å². The molecule has 5 nitrogen and oxygen atoms in total. The highest BCUT2D eigenvalue weighted by molar-refractivity contribution is 5.79. The number of fused-ring (bicyclic) bond motifs is 1. The number of hydrogen-bond acceptors (Lipinski definition) is 4. The molecule has 2 aromatic heterocycles.